The molecule has 13 heavy (non-hydrogen) atoms. The van der Waals surface area contributed by atoms with Crippen LogP contribution in [0.25, 0.3) is 0 Å². The van der Waals surface area contributed by atoms with Crippen molar-refractivity contribution in [2.24, 2.45) is 0 Å². The maximum absolute atomic E-state index is 9.95. The highest BCUT2D eigenvalue weighted by Gasteiger charge is 1.98. The lowest BCUT2D eigenvalue weighted by Crippen LogP contribution is -1.95. The fourth-order valence-electron chi connectivity index (χ4n) is 0.645. The Morgan fingerprint density at radius 3 is 3.08 bits per heavy atom. The first-order chi connectivity index (χ1) is 6.24. The van der Waals surface area contributed by atoms with E-state index in [1.165, 1.54) is 6.20 Å². The number of aldehydes is 1. The molecule has 0 atom stereocenters. The van der Waals surface area contributed by atoms with Gasteiger partial charge in [-0.3, -0.25) is 0 Å². The number of nitrogens with zero attached hydrogens (tertiary/aromatic N) is 2. The summed E-state index contributed by atoms with van der Waals surface area (Å²) in [5.74, 6) is 5.34. The van der Waals surface area contributed by atoms with Gasteiger partial charge in [0.2, 0.25) is 5.95 Å². The first-order valence-corrected chi connectivity index (χ1v) is 3.82. The second-order valence-electron chi connectivity index (χ2n) is 2.11. The average Bonchev–Trinajstić information content (AvgIpc) is 2.09. The number of carbonyl (C=O) groups is 1. The number of hydrogen-bond donors (Lipinski definition) is 1. The normalized spacial score (nSPS) is 8.69. The van der Waals surface area contributed by atoms with E-state index in [1.807, 2.05) is 0 Å². The van der Waals surface area contributed by atoms with Gasteiger partial charge in [0.1, 0.15) is 11.4 Å². The number of rotatable bonds is 1. The molecule has 1 rings (SSSR count). The minimum absolute atomic E-state index is 0.103. The van der Waals surface area contributed by atoms with Crippen LogP contribution in [0.15, 0.2) is 6.20 Å². The summed E-state index contributed by atoms with van der Waals surface area (Å²) in [4.78, 5) is 17.4. The Bertz CT molecular complexity index is 381. The Morgan fingerprint density at radius 2 is 2.46 bits per heavy atom. The summed E-state index contributed by atoms with van der Waals surface area (Å²) < 4.78 is 0. The number of aromatic nitrogens is 2. The van der Waals surface area contributed by atoms with E-state index < -0.39 is 0 Å². The molecule has 0 aliphatic carbocycles. The van der Waals surface area contributed by atoms with Gasteiger partial charge in [0.15, 0.2) is 0 Å². The number of carbonyl (C=O) groups excluding carboxylic acids is 1. The summed E-state index contributed by atoms with van der Waals surface area (Å²) in [6, 6.07) is 0. The van der Waals surface area contributed by atoms with Gasteiger partial charge in [-0.05, 0) is 0 Å². The summed E-state index contributed by atoms with van der Waals surface area (Å²) in [5, 5.41) is 0.200. The van der Waals surface area contributed by atoms with Crippen molar-refractivity contribution in [2.45, 2.75) is 6.42 Å². The van der Waals surface area contributed by atoms with Crippen LogP contribution in [0.2, 0.25) is 5.15 Å². The Kier molecular flexibility index (Phi) is 3.23. The molecule has 0 saturated heterocycles. The van der Waals surface area contributed by atoms with Crippen LogP contribution < -0.4 is 5.73 Å². The van der Waals surface area contributed by atoms with Crippen molar-refractivity contribution in [2.75, 3.05) is 5.73 Å². The Labute approximate surface area is 80.1 Å². The summed E-state index contributed by atoms with van der Waals surface area (Å²) in [6.45, 7) is 0. The van der Waals surface area contributed by atoms with Crippen LogP contribution in [-0.4, -0.2) is 16.3 Å². The summed E-state index contributed by atoms with van der Waals surface area (Å²) in [6.07, 6.45) is 2.29. The molecule has 5 heteroatoms. The molecule has 0 fully saturated rings. The van der Waals surface area contributed by atoms with Crippen molar-refractivity contribution >= 4 is 23.8 Å². The van der Waals surface area contributed by atoms with Gasteiger partial charge in [-0.2, -0.15) is 4.98 Å². The Morgan fingerprint density at radius 1 is 1.69 bits per heavy atom. The molecule has 0 aromatic carbocycles. The zero-order valence-corrected chi connectivity index (χ0v) is 7.38. The maximum atomic E-state index is 9.95. The van der Waals surface area contributed by atoms with Crippen molar-refractivity contribution in [1.82, 2.24) is 9.97 Å². The minimum atomic E-state index is 0.103. The van der Waals surface area contributed by atoms with Gasteiger partial charge < -0.3 is 10.5 Å². The third-order valence-electron chi connectivity index (χ3n) is 1.17. The molecule has 1 heterocycles. The van der Waals surface area contributed by atoms with Crippen LogP contribution in [0.1, 0.15) is 12.0 Å². The number of nitrogens with two attached hydrogens (primary N) is 1. The van der Waals surface area contributed by atoms with E-state index in [2.05, 4.69) is 21.8 Å². The van der Waals surface area contributed by atoms with Gasteiger partial charge in [-0.25, -0.2) is 4.98 Å². The first-order valence-electron chi connectivity index (χ1n) is 3.44. The van der Waals surface area contributed by atoms with Gasteiger partial charge in [0.25, 0.3) is 0 Å². The van der Waals surface area contributed by atoms with E-state index >= 15 is 0 Å². The Balaban J connectivity index is 2.91. The maximum Gasteiger partial charge on any atom is 0.221 e. The molecule has 4 nitrogen and oxygen atoms in total. The van der Waals surface area contributed by atoms with Crippen molar-refractivity contribution in [1.29, 1.82) is 0 Å². The molecule has 0 aliphatic heterocycles. The molecule has 66 valence electrons. The number of anilines is 1. The lowest BCUT2D eigenvalue weighted by molar-refractivity contribution is -0.107. The molecular weight excluding hydrogens is 190 g/mol. The van der Waals surface area contributed by atoms with Crippen LogP contribution in [-0.2, 0) is 4.79 Å². The van der Waals surface area contributed by atoms with Crippen molar-refractivity contribution < 1.29 is 4.79 Å². The van der Waals surface area contributed by atoms with Crippen LogP contribution in [0, 0.1) is 11.8 Å². The van der Waals surface area contributed by atoms with E-state index in [1.54, 1.807) is 0 Å². The van der Waals surface area contributed by atoms with E-state index in [9.17, 15) is 4.79 Å². The van der Waals surface area contributed by atoms with Crippen molar-refractivity contribution in [3.8, 4) is 11.8 Å². The highest BCUT2D eigenvalue weighted by atomic mass is 35.5. The van der Waals surface area contributed by atoms with Gasteiger partial charge in [0.05, 0.1) is 12.0 Å². The van der Waals surface area contributed by atoms with E-state index in [-0.39, 0.29) is 17.5 Å². The van der Waals surface area contributed by atoms with E-state index in [4.69, 9.17) is 17.3 Å². The highest BCUT2D eigenvalue weighted by Crippen LogP contribution is 2.10. The van der Waals surface area contributed by atoms with Gasteiger partial charge in [-0.1, -0.05) is 23.4 Å². The molecule has 1 aromatic heterocycles. The van der Waals surface area contributed by atoms with Crippen LogP contribution in [0.5, 0.6) is 0 Å². The minimum Gasteiger partial charge on any atom is -0.368 e. The number of hydrogen-bond acceptors (Lipinski definition) is 4. The second-order valence-corrected chi connectivity index (χ2v) is 2.46. The molecule has 0 saturated carbocycles. The third-order valence-corrected chi connectivity index (χ3v) is 1.46. The van der Waals surface area contributed by atoms with Gasteiger partial charge in [0, 0.05) is 6.20 Å². The van der Waals surface area contributed by atoms with Crippen molar-refractivity contribution in [3.05, 3.63) is 16.9 Å². The van der Waals surface area contributed by atoms with E-state index in [0.717, 1.165) is 0 Å². The summed E-state index contributed by atoms with van der Waals surface area (Å²) >= 11 is 5.69. The second kappa shape index (κ2) is 4.43. The largest absolute Gasteiger partial charge is 0.368 e. The highest BCUT2D eigenvalue weighted by molar-refractivity contribution is 6.30. The monoisotopic (exact) mass is 195 g/mol. The molecule has 0 amide bonds. The first kappa shape index (κ1) is 9.49. The standard InChI is InChI=1S/C8H6ClN3O/c9-7-6(3-1-2-4-13)5-11-8(10)12-7/h4-5H,2H2,(H2,10,11,12). The summed E-state index contributed by atoms with van der Waals surface area (Å²) in [7, 11) is 0. The SMILES string of the molecule is Nc1ncc(C#CCC=O)c(Cl)n1. The van der Waals surface area contributed by atoms with Gasteiger partial charge >= 0.3 is 0 Å². The van der Waals surface area contributed by atoms with Crippen LogP contribution in [0.3, 0.4) is 0 Å². The smallest absolute Gasteiger partial charge is 0.221 e. The molecule has 0 radical (unpaired) electrons. The predicted molar refractivity (Wildman–Crippen MR) is 49.0 cm³/mol. The fourth-order valence-corrected chi connectivity index (χ4v) is 0.828. The van der Waals surface area contributed by atoms with Gasteiger partial charge in [-0.15, -0.1) is 0 Å². The zero-order chi connectivity index (χ0) is 9.68. The predicted octanol–water partition coefficient (Wildman–Crippen LogP) is 0.653. The Hall–Kier alpha value is -1.60. The molecule has 0 aliphatic rings. The molecule has 0 bridgehead atoms. The number of halogens is 1. The van der Waals surface area contributed by atoms with Crippen LogP contribution in [0.4, 0.5) is 5.95 Å². The average molecular weight is 196 g/mol. The van der Waals surface area contributed by atoms with Crippen molar-refractivity contribution in [3.63, 3.8) is 0 Å². The van der Waals surface area contributed by atoms with Crippen LogP contribution >= 0.6 is 11.6 Å². The van der Waals surface area contributed by atoms with E-state index in [0.29, 0.717) is 11.8 Å². The fraction of sp³-hybridized carbons (Fsp3) is 0.125. The molecule has 2 N–H and O–H groups in total. The topological polar surface area (TPSA) is 68.9 Å². The third kappa shape index (κ3) is 2.73. The summed E-state index contributed by atoms with van der Waals surface area (Å²) in [5.41, 5.74) is 5.74. The molecule has 1 aromatic rings. The molecular formula is C8H6ClN3O. The lowest BCUT2D eigenvalue weighted by atomic mass is 10.3. The number of nitrogen functional groups attached to an aromatic ring is 1. The molecule has 0 spiro atoms. The molecule has 0 unspecified atom stereocenters. The lowest BCUT2D eigenvalue weighted by Gasteiger charge is -1.94. The quantitative estimate of drug-likeness (QED) is 0.406. The zero-order valence-electron chi connectivity index (χ0n) is 6.62.